The Labute approximate surface area is 145 Å². The van der Waals surface area contributed by atoms with Crippen molar-refractivity contribution >= 4 is 5.91 Å². The van der Waals surface area contributed by atoms with Gasteiger partial charge in [-0.15, -0.1) is 0 Å². The van der Waals surface area contributed by atoms with Crippen molar-refractivity contribution < 1.29 is 9.53 Å². The summed E-state index contributed by atoms with van der Waals surface area (Å²) in [7, 11) is 0. The van der Waals surface area contributed by atoms with Crippen molar-refractivity contribution in [1.82, 2.24) is 10.2 Å². The summed E-state index contributed by atoms with van der Waals surface area (Å²) in [6.07, 6.45) is 7.87. The molecule has 0 unspecified atom stereocenters. The highest BCUT2D eigenvalue weighted by molar-refractivity contribution is 5.80. The Bertz CT molecular complexity index is 553. The smallest absolute Gasteiger partial charge is 0.260 e. The van der Waals surface area contributed by atoms with Crippen molar-refractivity contribution in [2.45, 2.75) is 58.0 Å². The number of hydrogen-bond acceptors (Lipinski definition) is 3. The number of aryl methyl sites for hydroxylation is 1. The van der Waals surface area contributed by atoms with Gasteiger partial charge in [0.15, 0.2) is 6.10 Å². The summed E-state index contributed by atoms with van der Waals surface area (Å²) < 4.78 is 5.98. The van der Waals surface area contributed by atoms with Crippen molar-refractivity contribution in [2.75, 3.05) is 26.2 Å². The monoisotopic (exact) mass is 330 g/mol. The topological polar surface area (TPSA) is 41.6 Å². The highest BCUT2D eigenvalue weighted by Gasteiger charge is 2.19. The molecule has 1 N–H and O–H groups in total. The van der Waals surface area contributed by atoms with E-state index in [1.54, 1.807) is 0 Å². The second kappa shape index (κ2) is 8.52. The summed E-state index contributed by atoms with van der Waals surface area (Å²) >= 11 is 0. The van der Waals surface area contributed by atoms with E-state index in [0.29, 0.717) is 0 Å². The van der Waals surface area contributed by atoms with Crippen molar-refractivity contribution in [3.63, 3.8) is 0 Å². The van der Waals surface area contributed by atoms with Crippen molar-refractivity contribution in [3.05, 3.63) is 29.3 Å². The SMILES string of the molecule is C[C@H](Oc1cccc2c1CCCC2)C(=O)NCCCN1CCCC1. The van der Waals surface area contributed by atoms with Crippen LogP contribution in [-0.4, -0.2) is 43.1 Å². The zero-order chi connectivity index (χ0) is 16.8. The van der Waals surface area contributed by atoms with E-state index in [2.05, 4.69) is 16.3 Å². The van der Waals surface area contributed by atoms with Gasteiger partial charge in [0, 0.05) is 6.54 Å². The predicted octanol–water partition coefficient (Wildman–Crippen LogP) is 2.93. The number of nitrogens with one attached hydrogen (secondary N) is 1. The van der Waals surface area contributed by atoms with Crippen LogP contribution in [0.4, 0.5) is 0 Å². The molecule has 2 aliphatic rings. The molecule has 0 spiro atoms. The van der Waals surface area contributed by atoms with Gasteiger partial charge in [-0.1, -0.05) is 12.1 Å². The standard InChI is InChI=1S/C20H30N2O2/c1-16(20(23)21-12-7-15-22-13-4-5-14-22)24-19-11-6-9-17-8-2-3-10-18(17)19/h6,9,11,16H,2-5,7-8,10,12-15H2,1H3,(H,21,23)/t16-/m0/s1. The first-order valence-corrected chi connectivity index (χ1v) is 9.51. The lowest BCUT2D eigenvalue weighted by Gasteiger charge is -2.22. The Morgan fingerprint density at radius 2 is 2.00 bits per heavy atom. The number of rotatable bonds is 7. The zero-order valence-corrected chi connectivity index (χ0v) is 14.9. The predicted molar refractivity (Wildman–Crippen MR) is 96.5 cm³/mol. The Hall–Kier alpha value is -1.55. The summed E-state index contributed by atoms with van der Waals surface area (Å²) in [5.41, 5.74) is 2.69. The van der Waals surface area contributed by atoms with Crippen molar-refractivity contribution in [1.29, 1.82) is 0 Å². The summed E-state index contributed by atoms with van der Waals surface area (Å²) in [4.78, 5) is 14.7. The number of benzene rings is 1. The van der Waals surface area contributed by atoms with E-state index >= 15 is 0 Å². The summed E-state index contributed by atoms with van der Waals surface area (Å²) in [5.74, 6) is 0.886. The molecular weight excluding hydrogens is 300 g/mol. The Balaban J connectivity index is 1.44. The van der Waals surface area contributed by atoms with Gasteiger partial charge in [0.05, 0.1) is 0 Å². The van der Waals surface area contributed by atoms with Gasteiger partial charge in [0.2, 0.25) is 0 Å². The molecule has 1 saturated heterocycles. The highest BCUT2D eigenvalue weighted by Crippen LogP contribution is 2.30. The van der Waals surface area contributed by atoms with Crippen LogP contribution in [-0.2, 0) is 17.6 Å². The molecular formula is C20H30N2O2. The van der Waals surface area contributed by atoms with E-state index in [0.717, 1.165) is 38.1 Å². The van der Waals surface area contributed by atoms with Gasteiger partial charge in [-0.25, -0.2) is 0 Å². The summed E-state index contributed by atoms with van der Waals surface area (Å²) in [6, 6.07) is 6.23. The molecule has 4 nitrogen and oxygen atoms in total. The number of fused-ring (bicyclic) bond motifs is 1. The number of hydrogen-bond donors (Lipinski definition) is 1. The fourth-order valence-electron chi connectivity index (χ4n) is 3.76. The first-order chi connectivity index (χ1) is 11.7. The molecule has 3 rings (SSSR count). The van der Waals surface area contributed by atoms with E-state index < -0.39 is 6.10 Å². The second-order valence-electron chi connectivity index (χ2n) is 7.05. The minimum Gasteiger partial charge on any atom is -0.481 e. The van der Waals surface area contributed by atoms with Gasteiger partial charge in [0.25, 0.3) is 5.91 Å². The number of likely N-dealkylation sites (tertiary alicyclic amines) is 1. The maximum absolute atomic E-state index is 12.3. The Morgan fingerprint density at radius 3 is 2.83 bits per heavy atom. The van der Waals surface area contributed by atoms with Gasteiger partial charge >= 0.3 is 0 Å². The first-order valence-electron chi connectivity index (χ1n) is 9.51. The van der Waals surface area contributed by atoms with Crippen LogP contribution in [0.15, 0.2) is 18.2 Å². The van der Waals surface area contributed by atoms with Gasteiger partial charge in [0.1, 0.15) is 5.75 Å². The molecule has 4 heteroatoms. The average molecular weight is 330 g/mol. The average Bonchev–Trinajstić information content (AvgIpc) is 3.12. The van der Waals surface area contributed by atoms with Crippen LogP contribution in [0.1, 0.15) is 50.2 Å². The zero-order valence-electron chi connectivity index (χ0n) is 14.9. The van der Waals surface area contributed by atoms with Gasteiger partial charge in [-0.3, -0.25) is 4.79 Å². The van der Waals surface area contributed by atoms with Crippen LogP contribution in [0.25, 0.3) is 0 Å². The van der Waals surface area contributed by atoms with Crippen molar-refractivity contribution in [3.8, 4) is 5.75 Å². The molecule has 132 valence electrons. The molecule has 0 bridgehead atoms. The molecule has 0 radical (unpaired) electrons. The van der Waals surface area contributed by atoms with E-state index in [9.17, 15) is 4.79 Å². The van der Waals surface area contributed by atoms with Crippen LogP contribution in [0.5, 0.6) is 5.75 Å². The number of nitrogens with zero attached hydrogens (tertiary/aromatic N) is 1. The maximum Gasteiger partial charge on any atom is 0.260 e. The van der Waals surface area contributed by atoms with Crippen LogP contribution < -0.4 is 10.1 Å². The lowest BCUT2D eigenvalue weighted by Crippen LogP contribution is -2.38. The quantitative estimate of drug-likeness (QED) is 0.782. The number of carbonyl (C=O) groups is 1. The summed E-state index contributed by atoms with van der Waals surface area (Å²) in [5, 5.41) is 3.02. The van der Waals surface area contributed by atoms with E-state index in [-0.39, 0.29) is 5.91 Å². The molecule has 0 aromatic heterocycles. The molecule has 1 amide bonds. The third kappa shape index (κ3) is 4.50. The lowest BCUT2D eigenvalue weighted by molar-refractivity contribution is -0.127. The Morgan fingerprint density at radius 1 is 1.21 bits per heavy atom. The molecule has 1 atom stereocenters. The fourth-order valence-corrected chi connectivity index (χ4v) is 3.76. The maximum atomic E-state index is 12.3. The molecule has 24 heavy (non-hydrogen) atoms. The molecule has 1 aromatic rings. The molecule has 1 aliphatic heterocycles. The van der Waals surface area contributed by atoms with Gasteiger partial charge < -0.3 is 15.0 Å². The normalized spacial score (nSPS) is 18.9. The minimum absolute atomic E-state index is 0.00941. The third-order valence-corrected chi connectivity index (χ3v) is 5.17. The third-order valence-electron chi connectivity index (χ3n) is 5.17. The number of carbonyl (C=O) groups excluding carboxylic acids is 1. The molecule has 1 fully saturated rings. The van der Waals surface area contributed by atoms with Gasteiger partial charge in [-0.2, -0.15) is 0 Å². The first kappa shape index (κ1) is 17.3. The van der Waals surface area contributed by atoms with E-state index in [1.807, 2.05) is 19.1 Å². The number of ether oxygens (including phenoxy) is 1. The lowest BCUT2D eigenvalue weighted by atomic mass is 9.91. The van der Waals surface area contributed by atoms with Gasteiger partial charge in [-0.05, 0) is 88.7 Å². The molecule has 1 aliphatic carbocycles. The fraction of sp³-hybridized carbons (Fsp3) is 0.650. The van der Waals surface area contributed by atoms with Crippen LogP contribution in [0.2, 0.25) is 0 Å². The largest absolute Gasteiger partial charge is 0.481 e. The second-order valence-corrected chi connectivity index (χ2v) is 7.05. The van der Waals surface area contributed by atoms with Crippen molar-refractivity contribution in [2.24, 2.45) is 0 Å². The minimum atomic E-state index is -0.440. The molecule has 1 aromatic carbocycles. The van der Waals surface area contributed by atoms with E-state index in [1.165, 1.54) is 49.9 Å². The number of amides is 1. The summed E-state index contributed by atoms with van der Waals surface area (Å²) in [6.45, 7) is 6.09. The Kier molecular flexibility index (Phi) is 6.13. The van der Waals surface area contributed by atoms with Crippen LogP contribution >= 0.6 is 0 Å². The van der Waals surface area contributed by atoms with Crippen LogP contribution in [0.3, 0.4) is 0 Å². The molecule has 1 heterocycles. The highest BCUT2D eigenvalue weighted by atomic mass is 16.5. The van der Waals surface area contributed by atoms with E-state index in [4.69, 9.17) is 4.74 Å². The molecule has 0 saturated carbocycles. The van der Waals surface area contributed by atoms with Crippen LogP contribution in [0, 0.1) is 0 Å².